The molecule has 14 heavy (non-hydrogen) atoms. The molecule has 0 radical (unpaired) electrons. The first-order valence-electron chi connectivity index (χ1n) is 5.96. The van der Waals surface area contributed by atoms with Crippen LogP contribution < -0.4 is 5.32 Å². The Balaban J connectivity index is 1.63. The lowest BCUT2D eigenvalue weighted by atomic mass is 9.99. The summed E-state index contributed by atoms with van der Waals surface area (Å²) in [5.41, 5.74) is 0. The van der Waals surface area contributed by atoms with Crippen molar-refractivity contribution in [3.8, 4) is 0 Å². The lowest BCUT2D eigenvalue weighted by Crippen LogP contribution is -2.44. The van der Waals surface area contributed by atoms with E-state index in [1.807, 2.05) is 0 Å². The van der Waals surface area contributed by atoms with Gasteiger partial charge in [0.2, 0.25) is 0 Å². The average molecular weight is 197 g/mol. The fourth-order valence-corrected chi connectivity index (χ4v) is 2.24. The Morgan fingerprint density at radius 3 is 2.71 bits per heavy atom. The minimum Gasteiger partial charge on any atom is -0.316 e. The molecule has 2 aliphatic rings. The van der Waals surface area contributed by atoms with Gasteiger partial charge in [-0.2, -0.15) is 0 Å². The van der Waals surface area contributed by atoms with Gasteiger partial charge in [0.15, 0.2) is 0 Å². The summed E-state index contributed by atoms with van der Waals surface area (Å²) in [6.07, 6.45) is 2.75. The van der Waals surface area contributed by atoms with Crippen molar-refractivity contribution in [2.45, 2.75) is 12.8 Å². The standard InChI is InChI=1S/C11H23N3/c1-13-4-2-5-14(8-7-13)6-3-11-9-12-10-11/h11-12H,2-10H2,1H3. The minimum absolute atomic E-state index is 0.969. The molecule has 0 bridgehead atoms. The largest absolute Gasteiger partial charge is 0.316 e. The first kappa shape index (κ1) is 10.4. The molecule has 0 spiro atoms. The van der Waals surface area contributed by atoms with Crippen LogP contribution in [0.5, 0.6) is 0 Å². The summed E-state index contributed by atoms with van der Waals surface area (Å²) in [7, 11) is 2.24. The van der Waals surface area contributed by atoms with Crippen LogP contribution in [0, 0.1) is 5.92 Å². The summed E-state index contributed by atoms with van der Waals surface area (Å²) < 4.78 is 0. The second kappa shape index (κ2) is 5.10. The van der Waals surface area contributed by atoms with Crippen molar-refractivity contribution in [1.82, 2.24) is 15.1 Å². The Labute approximate surface area is 87.4 Å². The van der Waals surface area contributed by atoms with Gasteiger partial charge in [0.05, 0.1) is 0 Å². The molecule has 0 aromatic heterocycles. The van der Waals surface area contributed by atoms with E-state index in [1.54, 1.807) is 0 Å². The van der Waals surface area contributed by atoms with Gasteiger partial charge in [0.1, 0.15) is 0 Å². The SMILES string of the molecule is CN1CCCN(CCC2CNC2)CC1. The van der Waals surface area contributed by atoms with Gasteiger partial charge >= 0.3 is 0 Å². The van der Waals surface area contributed by atoms with E-state index in [-0.39, 0.29) is 0 Å². The van der Waals surface area contributed by atoms with E-state index < -0.39 is 0 Å². The van der Waals surface area contributed by atoms with Crippen LogP contribution in [0.25, 0.3) is 0 Å². The van der Waals surface area contributed by atoms with Gasteiger partial charge in [0, 0.05) is 13.1 Å². The third-order valence-electron chi connectivity index (χ3n) is 3.53. The summed E-state index contributed by atoms with van der Waals surface area (Å²) in [6, 6.07) is 0. The number of hydrogen-bond donors (Lipinski definition) is 1. The van der Waals surface area contributed by atoms with Crippen LogP contribution in [0.2, 0.25) is 0 Å². The highest BCUT2D eigenvalue weighted by Crippen LogP contribution is 2.10. The van der Waals surface area contributed by atoms with Gasteiger partial charge < -0.3 is 15.1 Å². The topological polar surface area (TPSA) is 18.5 Å². The third-order valence-corrected chi connectivity index (χ3v) is 3.53. The predicted molar refractivity (Wildman–Crippen MR) is 59.5 cm³/mol. The maximum Gasteiger partial charge on any atom is 0.0109 e. The van der Waals surface area contributed by atoms with Crippen molar-refractivity contribution >= 4 is 0 Å². The van der Waals surface area contributed by atoms with E-state index in [4.69, 9.17) is 0 Å². The van der Waals surface area contributed by atoms with E-state index in [1.165, 1.54) is 58.7 Å². The van der Waals surface area contributed by atoms with E-state index in [2.05, 4.69) is 22.2 Å². The predicted octanol–water partition coefficient (Wildman–Crippen LogP) is 0.233. The highest BCUT2D eigenvalue weighted by Gasteiger charge is 2.18. The highest BCUT2D eigenvalue weighted by molar-refractivity contribution is 4.76. The van der Waals surface area contributed by atoms with Crippen molar-refractivity contribution in [1.29, 1.82) is 0 Å². The molecule has 2 heterocycles. The molecule has 2 fully saturated rings. The molecule has 0 atom stereocenters. The Kier molecular flexibility index (Phi) is 3.79. The molecule has 0 amide bonds. The third kappa shape index (κ3) is 2.94. The average Bonchev–Trinajstić information content (AvgIpc) is 2.28. The zero-order chi connectivity index (χ0) is 9.80. The second-order valence-electron chi connectivity index (χ2n) is 4.81. The molecule has 0 aromatic carbocycles. The van der Waals surface area contributed by atoms with E-state index in [9.17, 15) is 0 Å². The van der Waals surface area contributed by atoms with Gasteiger partial charge in [0.25, 0.3) is 0 Å². The van der Waals surface area contributed by atoms with Gasteiger partial charge in [-0.1, -0.05) is 0 Å². The van der Waals surface area contributed by atoms with Crippen molar-refractivity contribution in [3.05, 3.63) is 0 Å². The normalized spacial score (nSPS) is 27.2. The van der Waals surface area contributed by atoms with Gasteiger partial charge in [-0.3, -0.25) is 0 Å². The van der Waals surface area contributed by atoms with E-state index in [0.717, 1.165) is 5.92 Å². The summed E-state index contributed by atoms with van der Waals surface area (Å²) in [4.78, 5) is 5.09. The number of likely N-dealkylation sites (N-methyl/N-ethyl adjacent to an activating group) is 1. The summed E-state index contributed by atoms with van der Waals surface area (Å²) >= 11 is 0. The summed E-state index contributed by atoms with van der Waals surface area (Å²) in [5.74, 6) is 0.969. The Morgan fingerprint density at radius 2 is 2.00 bits per heavy atom. The molecule has 3 heteroatoms. The van der Waals surface area contributed by atoms with Crippen LogP contribution in [0.1, 0.15) is 12.8 Å². The maximum atomic E-state index is 3.34. The first-order chi connectivity index (χ1) is 6.84. The number of hydrogen-bond acceptors (Lipinski definition) is 3. The lowest BCUT2D eigenvalue weighted by Gasteiger charge is -2.29. The van der Waals surface area contributed by atoms with E-state index >= 15 is 0 Å². The quantitative estimate of drug-likeness (QED) is 0.699. The maximum absolute atomic E-state index is 3.34. The van der Waals surface area contributed by atoms with Crippen LogP contribution >= 0.6 is 0 Å². The van der Waals surface area contributed by atoms with Crippen molar-refractivity contribution < 1.29 is 0 Å². The zero-order valence-electron chi connectivity index (χ0n) is 9.34. The smallest absolute Gasteiger partial charge is 0.0109 e. The summed E-state index contributed by atoms with van der Waals surface area (Å²) in [5, 5.41) is 3.34. The number of nitrogens with one attached hydrogen (secondary N) is 1. The molecule has 0 unspecified atom stereocenters. The number of rotatable bonds is 3. The van der Waals surface area contributed by atoms with Crippen LogP contribution in [-0.4, -0.2) is 62.7 Å². The fourth-order valence-electron chi connectivity index (χ4n) is 2.24. The monoisotopic (exact) mass is 197 g/mol. The fraction of sp³-hybridized carbons (Fsp3) is 1.00. The van der Waals surface area contributed by atoms with E-state index in [0.29, 0.717) is 0 Å². The Bertz CT molecular complexity index is 168. The Hall–Kier alpha value is -0.120. The first-order valence-corrected chi connectivity index (χ1v) is 5.96. The molecular formula is C11H23N3. The Morgan fingerprint density at radius 1 is 1.14 bits per heavy atom. The molecule has 0 aromatic rings. The molecular weight excluding hydrogens is 174 g/mol. The molecule has 2 aliphatic heterocycles. The van der Waals surface area contributed by atoms with Crippen molar-refractivity contribution in [2.24, 2.45) is 5.92 Å². The van der Waals surface area contributed by atoms with Crippen LogP contribution in [0.4, 0.5) is 0 Å². The lowest BCUT2D eigenvalue weighted by molar-refractivity contribution is 0.230. The second-order valence-corrected chi connectivity index (χ2v) is 4.81. The molecule has 0 saturated carbocycles. The number of nitrogens with zero attached hydrogens (tertiary/aromatic N) is 2. The van der Waals surface area contributed by atoms with Crippen LogP contribution in [0.15, 0.2) is 0 Å². The van der Waals surface area contributed by atoms with Crippen LogP contribution in [-0.2, 0) is 0 Å². The van der Waals surface area contributed by atoms with Crippen molar-refractivity contribution in [2.75, 3.05) is 52.9 Å². The minimum atomic E-state index is 0.969. The van der Waals surface area contributed by atoms with Crippen molar-refractivity contribution in [3.63, 3.8) is 0 Å². The van der Waals surface area contributed by atoms with Crippen LogP contribution in [0.3, 0.4) is 0 Å². The summed E-state index contributed by atoms with van der Waals surface area (Å²) in [6.45, 7) is 8.95. The molecule has 3 nitrogen and oxygen atoms in total. The van der Waals surface area contributed by atoms with Gasteiger partial charge in [-0.25, -0.2) is 0 Å². The van der Waals surface area contributed by atoms with Gasteiger partial charge in [-0.15, -0.1) is 0 Å². The molecule has 82 valence electrons. The highest BCUT2D eigenvalue weighted by atomic mass is 15.2. The molecule has 2 rings (SSSR count). The molecule has 1 N–H and O–H groups in total. The van der Waals surface area contributed by atoms with Gasteiger partial charge in [-0.05, 0) is 58.5 Å². The zero-order valence-corrected chi connectivity index (χ0v) is 9.34. The molecule has 2 saturated heterocycles. The molecule has 0 aliphatic carbocycles.